The Morgan fingerprint density at radius 1 is 1.30 bits per heavy atom. The predicted octanol–water partition coefficient (Wildman–Crippen LogP) is 2.16. The number of hydrogen-bond donors (Lipinski definition) is 1. The van der Waals surface area contributed by atoms with Gasteiger partial charge < -0.3 is 0 Å². The molecular formula is C14H22N2O3S. The number of urea groups is 1. The first-order valence-corrected chi connectivity index (χ1v) is 8.47. The number of nitrogens with zero attached hydrogens (tertiary/aromatic N) is 1. The first-order valence-electron chi connectivity index (χ1n) is 7.24. The Labute approximate surface area is 123 Å². The zero-order valence-electron chi connectivity index (χ0n) is 12.1. The van der Waals surface area contributed by atoms with Gasteiger partial charge in [0.05, 0.1) is 0 Å². The van der Waals surface area contributed by atoms with Crippen molar-refractivity contribution in [2.24, 2.45) is 5.92 Å². The second-order valence-electron chi connectivity index (χ2n) is 5.65. The molecule has 1 saturated heterocycles. The monoisotopic (exact) mass is 298 g/mol. The summed E-state index contributed by atoms with van der Waals surface area (Å²) in [5.41, 5.74) is 0. The third-order valence-electron chi connectivity index (χ3n) is 4.33. The standard InChI is InChI=1S/C14H22N2O3S/c1-3-6-10-11(17)15-13(19)16(12(10)18)9-14(20-2)7-4-5-8-14/h10H,3-9H2,1-2H3,(H,15,17,19). The van der Waals surface area contributed by atoms with Gasteiger partial charge in [0, 0.05) is 11.3 Å². The van der Waals surface area contributed by atoms with Gasteiger partial charge in [0.2, 0.25) is 11.8 Å². The van der Waals surface area contributed by atoms with Gasteiger partial charge in [-0.25, -0.2) is 4.79 Å². The Morgan fingerprint density at radius 2 is 1.95 bits per heavy atom. The zero-order chi connectivity index (χ0) is 14.8. The number of barbiturate groups is 1. The second kappa shape index (κ2) is 6.16. The van der Waals surface area contributed by atoms with Crippen molar-refractivity contribution in [3.63, 3.8) is 0 Å². The van der Waals surface area contributed by atoms with E-state index in [1.54, 1.807) is 11.8 Å². The molecule has 112 valence electrons. The Hall–Kier alpha value is -1.04. The van der Waals surface area contributed by atoms with Gasteiger partial charge in [-0.1, -0.05) is 26.2 Å². The van der Waals surface area contributed by atoms with Crippen molar-refractivity contribution < 1.29 is 14.4 Å². The van der Waals surface area contributed by atoms with Crippen molar-refractivity contribution in [2.45, 2.75) is 50.2 Å². The highest BCUT2D eigenvalue weighted by Crippen LogP contribution is 2.41. The van der Waals surface area contributed by atoms with Gasteiger partial charge in [-0.05, 0) is 25.5 Å². The molecule has 1 unspecified atom stereocenters. The van der Waals surface area contributed by atoms with Crippen molar-refractivity contribution >= 4 is 29.6 Å². The molecule has 4 amide bonds. The van der Waals surface area contributed by atoms with E-state index in [2.05, 4.69) is 5.32 Å². The third-order valence-corrected chi connectivity index (χ3v) is 5.73. The molecule has 1 N–H and O–H groups in total. The van der Waals surface area contributed by atoms with E-state index in [0.717, 1.165) is 32.1 Å². The van der Waals surface area contributed by atoms with Gasteiger partial charge >= 0.3 is 6.03 Å². The van der Waals surface area contributed by atoms with Crippen molar-refractivity contribution in [1.29, 1.82) is 0 Å². The predicted molar refractivity (Wildman–Crippen MR) is 78.4 cm³/mol. The summed E-state index contributed by atoms with van der Waals surface area (Å²) in [6, 6.07) is -0.548. The number of thioether (sulfide) groups is 1. The summed E-state index contributed by atoms with van der Waals surface area (Å²) in [5.74, 6) is -1.46. The topological polar surface area (TPSA) is 66.5 Å². The van der Waals surface area contributed by atoms with Gasteiger partial charge in [0.15, 0.2) is 0 Å². The number of carbonyl (C=O) groups excluding carboxylic acids is 3. The molecule has 2 fully saturated rings. The number of hydrogen-bond acceptors (Lipinski definition) is 4. The van der Waals surface area contributed by atoms with E-state index in [4.69, 9.17) is 0 Å². The minimum absolute atomic E-state index is 0.0237. The molecule has 20 heavy (non-hydrogen) atoms. The van der Waals surface area contributed by atoms with Crippen LogP contribution in [0.5, 0.6) is 0 Å². The van der Waals surface area contributed by atoms with Crippen LogP contribution in [-0.2, 0) is 9.59 Å². The van der Waals surface area contributed by atoms with E-state index in [1.165, 1.54) is 4.90 Å². The average Bonchev–Trinajstić information content (AvgIpc) is 2.89. The molecule has 0 aromatic heterocycles. The summed E-state index contributed by atoms with van der Waals surface area (Å²) in [7, 11) is 0. The van der Waals surface area contributed by atoms with Gasteiger partial charge in [-0.15, -0.1) is 0 Å². The fourth-order valence-corrected chi connectivity index (χ4v) is 4.04. The van der Waals surface area contributed by atoms with E-state index >= 15 is 0 Å². The fourth-order valence-electron chi connectivity index (χ4n) is 3.09. The van der Waals surface area contributed by atoms with Crippen LogP contribution in [0.3, 0.4) is 0 Å². The molecule has 0 spiro atoms. The van der Waals surface area contributed by atoms with Crippen LogP contribution in [0.15, 0.2) is 0 Å². The highest BCUT2D eigenvalue weighted by molar-refractivity contribution is 8.00. The lowest BCUT2D eigenvalue weighted by Gasteiger charge is -2.36. The Kier molecular flexibility index (Phi) is 4.73. The molecule has 1 aliphatic heterocycles. The molecule has 0 bridgehead atoms. The van der Waals surface area contributed by atoms with Crippen LogP contribution in [0.4, 0.5) is 4.79 Å². The van der Waals surface area contributed by atoms with E-state index in [9.17, 15) is 14.4 Å². The Bertz CT molecular complexity index is 419. The summed E-state index contributed by atoms with van der Waals surface area (Å²) >= 11 is 1.73. The van der Waals surface area contributed by atoms with Crippen LogP contribution in [0.2, 0.25) is 0 Å². The fraction of sp³-hybridized carbons (Fsp3) is 0.786. The molecule has 1 heterocycles. The Morgan fingerprint density at radius 3 is 2.50 bits per heavy atom. The minimum Gasteiger partial charge on any atom is -0.277 e. The summed E-state index contributed by atoms with van der Waals surface area (Å²) in [6.45, 7) is 2.36. The van der Waals surface area contributed by atoms with Crippen molar-refractivity contribution in [2.75, 3.05) is 12.8 Å². The summed E-state index contributed by atoms with van der Waals surface area (Å²) in [4.78, 5) is 37.4. The van der Waals surface area contributed by atoms with Gasteiger partial charge in [-0.3, -0.25) is 19.8 Å². The van der Waals surface area contributed by atoms with Crippen LogP contribution >= 0.6 is 11.8 Å². The maximum absolute atomic E-state index is 12.4. The largest absolute Gasteiger partial charge is 0.330 e. The molecule has 1 aliphatic carbocycles. The smallest absolute Gasteiger partial charge is 0.277 e. The number of rotatable bonds is 5. The zero-order valence-corrected chi connectivity index (χ0v) is 12.9. The van der Waals surface area contributed by atoms with Crippen LogP contribution in [0, 0.1) is 5.92 Å². The lowest BCUT2D eigenvalue weighted by Crippen LogP contribution is -2.60. The van der Waals surface area contributed by atoms with Gasteiger partial charge in [0.25, 0.3) is 0 Å². The normalized spacial score (nSPS) is 26.0. The molecule has 2 aliphatic rings. The van der Waals surface area contributed by atoms with Crippen LogP contribution in [0.25, 0.3) is 0 Å². The van der Waals surface area contributed by atoms with E-state index in [-0.39, 0.29) is 10.7 Å². The van der Waals surface area contributed by atoms with Gasteiger partial charge in [-0.2, -0.15) is 11.8 Å². The Balaban J connectivity index is 2.14. The molecular weight excluding hydrogens is 276 g/mol. The van der Waals surface area contributed by atoms with Crippen molar-refractivity contribution in [3.8, 4) is 0 Å². The lowest BCUT2D eigenvalue weighted by molar-refractivity contribution is -0.143. The first-order chi connectivity index (χ1) is 9.53. The summed E-state index contributed by atoms with van der Waals surface area (Å²) < 4.78 is -0.0237. The maximum atomic E-state index is 12.4. The lowest BCUT2D eigenvalue weighted by atomic mass is 9.97. The van der Waals surface area contributed by atoms with Crippen molar-refractivity contribution in [3.05, 3.63) is 0 Å². The molecule has 1 saturated carbocycles. The number of imide groups is 2. The quantitative estimate of drug-likeness (QED) is 0.790. The number of carbonyl (C=O) groups is 3. The van der Waals surface area contributed by atoms with Crippen molar-refractivity contribution in [1.82, 2.24) is 10.2 Å². The van der Waals surface area contributed by atoms with Gasteiger partial charge in [0.1, 0.15) is 5.92 Å². The first kappa shape index (κ1) is 15.4. The highest BCUT2D eigenvalue weighted by atomic mass is 32.2. The molecule has 0 aromatic rings. The highest BCUT2D eigenvalue weighted by Gasteiger charge is 2.44. The SMILES string of the molecule is CCCC1C(=O)NC(=O)N(CC2(SC)CCCC2)C1=O. The molecule has 1 atom stereocenters. The van der Waals surface area contributed by atoms with Crippen LogP contribution in [0.1, 0.15) is 45.4 Å². The summed E-state index contributed by atoms with van der Waals surface area (Å²) in [6.07, 6.45) is 7.62. The van der Waals surface area contributed by atoms with E-state index < -0.39 is 17.9 Å². The van der Waals surface area contributed by atoms with Crippen LogP contribution < -0.4 is 5.32 Å². The van der Waals surface area contributed by atoms with E-state index in [0.29, 0.717) is 13.0 Å². The summed E-state index contributed by atoms with van der Waals surface area (Å²) in [5, 5.41) is 2.33. The minimum atomic E-state index is -0.696. The molecule has 0 aromatic carbocycles. The average molecular weight is 298 g/mol. The second-order valence-corrected chi connectivity index (χ2v) is 6.93. The maximum Gasteiger partial charge on any atom is 0.330 e. The molecule has 5 nitrogen and oxygen atoms in total. The third kappa shape index (κ3) is 2.85. The van der Waals surface area contributed by atoms with E-state index in [1.807, 2.05) is 13.2 Å². The van der Waals surface area contributed by atoms with Crippen LogP contribution in [-0.4, -0.2) is 40.3 Å². The number of amides is 4. The molecule has 0 radical (unpaired) electrons. The number of nitrogens with one attached hydrogen (secondary N) is 1. The molecule has 6 heteroatoms. The molecule has 2 rings (SSSR count).